The van der Waals surface area contributed by atoms with Crippen molar-refractivity contribution in [3.05, 3.63) is 196 Å². The highest BCUT2D eigenvalue weighted by atomic mass is 16.5. The lowest BCUT2D eigenvalue weighted by atomic mass is 9.61. The van der Waals surface area contributed by atoms with Gasteiger partial charge in [-0.1, -0.05) is 75.4 Å². The molecule has 1 aromatic carbocycles. The highest BCUT2D eigenvalue weighted by molar-refractivity contribution is 6.02. The van der Waals surface area contributed by atoms with Gasteiger partial charge in [-0.05, 0) is 154 Å². The zero-order valence-electron chi connectivity index (χ0n) is 55.8. The molecule has 6 heterocycles. The molecule has 15 heteroatoms. The first-order valence-corrected chi connectivity index (χ1v) is 34.0. The van der Waals surface area contributed by atoms with Crippen LogP contribution in [0, 0.1) is 51.8 Å². The van der Waals surface area contributed by atoms with Crippen LogP contribution in [-0.4, -0.2) is 145 Å². The maximum absolute atomic E-state index is 13.6. The quantitative estimate of drug-likeness (QED) is 0.154. The van der Waals surface area contributed by atoms with Gasteiger partial charge in [0.15, 0.2) is 17.3 Å². The topological polar surface area (TPSA) is 178 Å². The molecular formula is C79H88N6O9. The number of hydrogen-bond acceptors (Lipinski definition) is 15. The van der Waals surface area contributed by atoms with E-state index >= 15 is 0 Å². The third kappa shape index (κ3) is 11.3. The smallest absolute Gasteiger partial charge is 0.166 e. The van der Waals surface area contributed by atoms with E-state index in [0.29, 0.717) is 50.2 Å². The molecule has 0 saturated heterocycles. The van der Waals surface area contributed by atoms with Crippen LogP contribution in [0.25, 0.3) is 10.8 Å². The summed E-state index contributed by atoms with van der Waals surface area (Å²) >= 11 is 0. The Balaban J connectivity index is 0.000000122. The molecule has 15 atom stereocenters. The molecule has 15 nitrogen and oxygen atoms in total. The fourth-order valence-electron chi connectivity index (χ4n) is 19.1. The fraction of sp³-hybridized carbons (Fsp3) is 0.481. The number of ether oxygens (including phenoxy) is 3. The molecule has 488 valence electrons. The van der Waals surface area contributed by atoms with Crippen molar-refractivity contribution in [2.75, 3.05) is 61.9 Å². The molecule has 0 N–H and O–H groups in total. The van der Waals surface area contributed by atoms with E-state index in [4.69, 9.17) is 14.2 Å². The maximum atomic E-state index is 13.6. The molecule has 3 aliphatic heterocycles. The minimum Gasteiger partial charge on any atom is -0.489 e. The third-order valence-electron chi connectivity index (χ3n) is 23.3. The van der Waals surface area contributed by atoms with Crippen molar-refractivity contribution in [2.24, 2.45) is 51.8 Å². The van der Waals surface area contributed by atoms with Gasteiger partial charge in [-0.25, -0.2) is 0 Å². The molecule has 0 radical (unpaired) electrons. The number of carbonyl (C=O) groups excluding carboxylic acids is 6. The summed E-state index contributed by atoms with van der Waals surface area (Å²) in [5.74, 6) is 4.38. The highest BCUT2D eigenvalue weighted by Crippen LogP contribution is 2.63. The van der Waals surface area contributed by atoms with Crippen LogP contribution < -0.4 is 0 Å². The van der Waals surface area contributed by atoms with Crippen LogP contribution in [0.1, 0.15) is 126 Å². The Morgan fingerprint density at radius 3 is 1.44 bits per heavy atom. The van der Waals surface area contributed by atoms with E-state index in [-0.39, 0.29) is 111 Å². The van der Waals surface area contributed by atoms with Crippen LogP contribution in [-0.2, 0) is 43.0 Å². The van der Waals surface area contributed by atoms with E-state index in [9.17, 15) is 28.8 Å². The number of hydrogen-bond donors (Lipinski definition) is 0. The Morgan fingerprint density at radius 1 is 0.468 bits per heavy atom. The summed E-state index contributed by atoms with van der Waals surface area (Å²) in [6, 6.07) is 16.0. The molecule has 3 aromatic heterocycles. The summed E-state index contributed by atoms with van der Waals surface area (Å²) in [7, 11) is 12.2. The van der Waals surface area contributed by atoms with Crippen LogP contribution >= 0.6 is 0 Å². The van der Waals surface area contributed by atoms with Crippen molar-refractivity contribution in [1.29, 1.82) is 0 Å². The molecule has 12 aliphatic rings. The predicted octanol–water partition coefficient (Wildman–Crippen LogP) is 11.7. The van der Waals surface area contributed by atoms with Crippen LogP contribution in [0.4, 0.5) is 0 Å². The Morgan fingerprint density at radius 2 is 0.926 bits per heavy atom. The van der Waals surface area contributed by atoms with Gasteiger partial charge in [0.1, 0.15) is 52.9 Å². The second-order valence-electron chi connectivity index (χ2n) is 30.6. The second kappa shape index (κ2) is 24.7. The molecule has 4 aromatic rings. The van der Waals surface area contributed by atoms with Crippen LogP contribution in [0.3, 0.4) is 0 Å². The van der Waals surface area contributed by atoms with Gasteiger partial charge in [0, 0.05) is 154 Å². The molecule has 0 bridgehead atoms. The number of rotatable bonds is 9. The monoisotopic (exact) mass is 1260 g/mol. The predicted molar refractivity (Wildman–Crippen MR) is 358 cm³/mol. The Labute approximate surface area is 552 Å². The van der Waals surface area contributed by atoms with Gasteiger partial charge in [0.2, 0.25) is 0 Å². The van der Waals surface area contributed by atoms with Gasteiger partial charge in [0.25, 0.3) is 0 Å². The molecule has 0 spiro atoms. The summed E-state index contributed by atoms with van der Waals surface area (Å²) in [6.07, 6.45) is 32.5. The van der Waals surface area contributed by atoms with Crippen LogP contribution in [0.2, 0.25) is 0 Å². The number of nitrogens with zero attached hydrogens (tertiary/aromatic N) is 6. The van der Waals surface area contributed by atoms with Crippen molar-refractivity contribution < 1.29 is 43.0 Å². The lowest BCUT2D eigenvalue weighted by molar-refractivity contribution is -0.120. The summed E-state index contributed by atoms with van der Waals surface area (Å²) in [5.41, 5.74) is 7.76. The van der Waals surface area contributed by atoms with E-state index < -0.39 is 0 Å². The standard InChI is InChI=1S/C29H30N2O3.C25H30N2O3.C25H28N2O3/c1-29-9-7-18-13-22-24(32)11-17(16-31(2)3)12-26(22)34-28(18)23(29)14-25(33)27(29)21-6-4-5-19-15-30-10-8-20(19)21;2*1-25-7-6-16-11-18-20(28)9-15(14-27(2)3)10-22(18)30-24(16)19(25)12-21(29)23(25)17-5-4-8-26-13-17/h4-10,13,15,17,23,27-28H,11-12,14,16H2,1-3H3;4-5,8,11,13,15,19,23-24H,6-7,9-10,12,14H2,1-3H3;4-8,11,13,15,19,23-24H,9-10,12,14H2,1-3H3/t17?,23-,27-,28+,29-;2*15?,19-,23-,24+,25-/m000/s1. The number of pyridine rings is 3. The number of aromatic nitrogens is 3. The number of carbonyl (C=O) groups is 6. The average molecular weight is 1270 g/mol. The maximum Gasteiger partial charge on any atom is 0.166 e. The first-order valence-electron chi connectivity index (χ1n) is 34.0. The van der Waals surface area contributed by atoms with Gasteiger partial charge >= 0.3 is 0 Å². The second-order valence-corrected chi connectivity index (χ2v) is 30.6. The molecule has 9 aliphatic carbocycles. The number of Topliss-reactive ketones (excluding diaryl/α,β-unsaturated/α-hetero) is 6. The highest BCUT2D eigenvalue weighted by Gasteiger charge is 2.61. The zero-order valence-corrected chi connectivity index (χ0v) is 55.8. The number of fused-ring (bicyclic) bond motifs is 10. The number of ketones is 6. The number of allylic oxidation sites excluding steroid dienone is 11. The lowest BCUT2D eigenvalue weighted by Gasteiger charge is -2.47. The van der Waals surface area contributed by atoms with Gasteiger partial charge in [0.05, 0.1) is 28.6 Å². The molecule has 16 rings (SSSR count). The summed E-state index contributed by atoms with van der Waals surface area (Å²) in [5, 5.41) is 2.14. The van der Waals surface area contributed by atoms with Crippen molar-refractivity contribution in [3.63, 3.8) is 0 Å². The Hall–Kier alpha value is -7.85. The fourth-order valence-corrected chi connectivity index (χ4v) is 19.1. The molecule has 3 unspecified atom stereocenters. The summed E-state index contributed by atoms with van der Waals surface area (Å²) in [6.45, 7) is 9.25. The zero-order chi connectivity index (χ0) is 65.7. The van der Waals surface area contributed by atoms with Crippen LogP contribution in [0.15, 0.2) is 179 Å². The van der Waals surface area contributed by atoms with Gasteiger partial charge in [-0.15, -0.1) is 0 Å². The first kappa shape index (κ1) is 63.5. The Kier molecular flexibility index (Phi) is 16.7. The third-order valence-corrected chi connectivity index (χ3v) is 23.3. The van der Waals surface area contributed by atoms with E-state index in [0.717, 1.165) is 124 Å². The normalized spacial score (nSPS) is 34.2. The van der Waals surface area contributed by atoms with Crippen molar-refractivity contribution in [3.8, 4) is 0 Å². The Bertz CT molecular complexity index is 4050. The van der Waals surface area contributed by atoms with E-state index in [1.807, 2.05) is 115 Å². The van der Waals surface area contributed by atoms with Gasteiger partial charge in [-0.3, -0.25) is 43.7 Å². The van der Waals surface area contributed by atoms with Crippen molar-refractivity contribution >= 4 is 45.5 Å². The largest absolute Gasteiger partial charge is 0.489 e. The van der Waals surface area contributed by atoms with E-state index in [1.165, 1.54) is 5.57 Å². The molecule has 4 fully saturated rings. The van der Waals surface area contributed by atoms with Crippen molar-refractivity contribution in [1.82, 2.24) is 29.7 Å². The van der Waals surface area contributed by atoms with Gasteiger partial charge < -0.3 is 28.9 Å². The minimum atomic E-state index is -0.351. The van der Waals surface area contributed by atoms with E-state index in [2.05, 4.69) is 86.9 Å². The average Bonchev–Trinajstić information content (AvgIpc) is 1.52. The van der Waals surface area contributed by atoms with Gasteiger partial charge in [-0.2, -0.15) is 0 Å². The molecule has 94 heavy (non-hydrogen) atoms. The molecule has 0 amide bonds. The first-order chi connectivity index (χ1) is 45.1. The summed E-state index contributed by atoms with van der Waals surface area (Å²) < 4.78 is 19.8. The molecule has 4 saturated carbocycles. The van der Waals surface area contributed by atoms with E-state index in [1.54, 1.807) is 18.6 Å². The van der Waals surface area contributed by atoms with Crippen molar-refractivity contribution in [2.45, 2.75) is 127 Å². The SMILES string of the molecule is CN(C)CC1CC(=O)C2=C(C1)O[C@@H]1C(=C2)C=C[C@]2(C)[C@@H](c3cccc4cnccc34)C(=O)C[C@@H]12.CN(C)CC1CC(=O)C2=C(C1)O[C@@H]1C(=C2)C=C[C@]2(C)[C@@H](c3cccnc3)C(=O)C[C@@H]12.CN(C)CC1CC(=O)C2=C(C1)O[C@@H]1C(=C2)CC[C@]2(C)[C@@H](c3cccnc3)C(=O)C[C@@H]12. The molecular weight excluding hydrogens is 1180 g/mol. The summed E-state index contributed by atoms with van der Waals surface area (Å²) in [4.78, 5) is 97.5. The number of benzene rings is 1. The van der Waals surface area contributed by atoms with Crippen LogP contribution in [0.5, 0.6) is 0 Å². The lowest BCUT2D eigenvalue weighted by Crippen LogP contribution is -2.44. The minimum absolute atomic E-state index is 0.0386.